The first-order valence-electron chi connectivity index (χ1n) is 9.80. The number of hydrogen-bond acceptors (Lipinski definition) is 6. The highest BCUT2D eigenvalue weighted by Crippen LogP contribution is 2.31. The van der Waals surface area contributed by atoms with Gasteiger partial charge in [0.2, 0.25) is 0 Å². The first-order chi connectivity index (χ1) is 14.6. The minimum Gasteiger partial charge on any atom is -0.307 e. The molecular formula is C21H20FN7O. The molecule has 1 N–H and O–H groups in total. The Bertz CT molecular complexity index is 1240. The molecule has 0 spiro atoms. The summed E-state index contributed by atoms with van der Waals surface area (Å²) in [6, 6.07) is 7.80. The second-order valence-electron chi connectivity index (χ2n) is 7.67. The van der Waals surface area contributed by atoms with Crippen LogP contribution in [0, 0.1) is 11.7 Å². The van der Waals surface area contributed by atoms with Gasteiger partial charge in [0.05, 0.1) is 12.7 Å². The maximum absolute atomic E-state index is 13.3. The Kier molecular flexibility index (Phi) is 4.59. The van der Waals surface area contributed by atoms with E-state index in [0.29, 0.717) is 35.2 Å². The predicted molar refractivity (Wildman–Crippen MR) is 108 cm³/mol. The first-order valence-corrected chi connectivity index (χ1v) is 9.80. The van der Waals surface area contributed by atoms with Gasteiger partial charge >= 0.3 is 0 Å². The number of likely N-dealkylation sites (tertiary alicyclic amines) is 1. The normalized spacial score (nSPS) is 19.5. The van der Waals surface area contributed by atoms with Crippen molar-refractivity contribution in [1.82, 2.24) is 34.4 Å². The van der Waals surface area contributed by atoms with Gasteiger partial charge in [-0.2, -0.15) is 5.10 Å². The Labute approximate surface area is 171 Å². The van der Waals surface area contributed by atoms with Crippen LogP contribution in [-0.4, -0.2) is 47.5 Å². The molecule has 3 aromatic heterocycles. The monoisotopic (exact) mass is 405 g/mol. The molecule has 1 aromatic carbocycles. The van der Waals surface area contributed by atoms with Gasteiger partial charge in [-0.15, -0.1) is 0 Å². The maximum Gasteiger partial charge on any atom is 0.276 e. The fourth-order valence-corrected chi connectivity index (χ4v) is 4.04. The summed E-state index contributed by atoms with van der Waals surface area (Å²) in [5.41, 5.74) is 0.818. The van der Waals surface area contributed by atoms with E-state index in [1.165, 1.54) is 18.3 Å². The number of rotatable bonds is 4. The fraction of sp³-hybridized carbons (Fsp3) is 0.286. The highest BCUT2D eigenvalue weighted by molar-refractivity contribution is 5.60. The topological polar surface area (TPSA) is 92.1 Å². The average Bonchev–Trinajstić information content (AvgIpc) is 3.33. The van der Waals surface area contributed by atoms with Crippen molar-refractivity contribution in [3.05, 3.63) is 76.7 Å². The molecule has 0 amide bonds. The Morgan fingerprint density at radius 1 is 1.13 bits per heavy atom. The number of nitrogens with zero attached hydrogens (tertiary/aromatic N) is 6. The molecule has 9 heteroatoms. The van der Waals surface area contributed by atoms with E-state index in [9.17, 15) is 9.18 Å². The molecule has 4 heterocycles. The Morgan fingerprint density at radius 2 is 1.90 bits per heavy atom. The molecule has 0 saturated carbocycles. The summed E-state index contributed by atoms with van der Waals surface area (Å²) in [5.74, 6) is 1.95. The van der Waals surface area contributed by atoms with Crippen molar-refractivity contribution in [1.29, 1.82) is 0 Å². The van der Waals surface area contributed by atoms with Crippen molar-refractivity contribution in [3.8, 4) is 11.4 Å². The standard InChI is InChI=1S/C21H20FN7O/c1-13-10-28(12-18-23-7-2-8-24-18)11-16(13)19-26-21(30)17-9-25-20(29(17)27-19)14-3-5-15(22)6-4-14/h2-9,13,16H,10-12H2,1H3,(H,26,27,30)/t13-,16-/m0/s1. The highest BCUT2D eigenvalue weighted by Gasteiger charge is 2.33. The third-order valence-electron chi connectivity index (χ3n) is 5.55. The van der Waals surface area contributed by atoms with Gasteiger partial charge in [0.25, 0.3) is 5.56 Å². The average molecular weight is 405 g/mol. The zero-order valence-electron chi connectivity index (χ0n) is 16.4. The van der Waals surface area contributed by atoms with Crippen molar-refractivity contribution in [3.63, 3.8) is 0 Å². The number of benzene rings is 1. The van der Waals surface area contributed by atoms with Crippen molar-refractivity contribution in [2.75, 3.05) is 13.1 Å². The molecule has 1 aliphatic rings. The van der Waals surface area contributed by atoms with Crippen LogP contribution in [0.5, 0.6) is 0 Å². The Morgan fingerprint density at radius 3 is 2.67 bits per heavy atom. The van der Waals surface area contributed by atoms with Gasteiger partial charge in [-0.25, -0.2) is 23.9 Å². The third-order valence-corrected chi connectivity index (χ3v) is 5.55. The largest absolute Gasteiger partial charge is 0.307 e. The van der Waals surface area contributed by atoms with Crippen LogP contribution in [0.15, 0.2) is 53.7 Å². The van der Waals surface area contributed by atoms with Crippen LogP contribution in [-0.2, 0) is 6.54 Å². The number of imidazole rings is 1. The van der Waals surface area contributed by atoms with Crippen molar-refractivity contribution >= 4 is 5.52 Å². The molecule has 4 aromatic rings. The Hall–Kier alpha value is -3.46. The summed E-state index contributed by atoms with van der Waals surface area (Å²) < 4.78 is 14.9. The number of nitrogens with one attached hydrogen (secondary N) is 1. The predicted octanol–water partition coefficient (Wildman–Crippen LogP) is 2.25. The molecule has 1 fully saturated rings. The van der Waals surface area contributed by atoms with Gasteiger partial charge in [-0.1, -0.05) is 6.92 Å². The molecule has 30 heavy (non-hydrogen) atoms. The van der Waals surface area contributed by atoms with Gasteiger partial charge < -0.3 is 4.98 Å². The number of hydrogen-bond donors (Lipinski definition) is 1. The van der Waals surface area contributed by atoms with Crippen LogP contribution in [0.1, 0.15) is 24.5 Å². The van der Waals surface area contributed by atoms with Crippen molar-refractivity contribution in [2.24, 2.45) is 5.92 Å². The molecular weight excluding hydrogens is 385 g/mol. The summed E-state index contributed by atoms with van der Waals surface area (Å²) in [6.07, 6.45) is 4.97. The SMILES string of the molecule is C[C@H]1CN(Cc2ncccn2)C[C@@H]1c1nn2c(-c3ccc(F)cc3)ncc2c(=O)[nH]1. The van der Waals surface area contributed by atoms with E-state index in [1.807, 2.05) is 0 Å². The minimum atomic E-state index is -0.326. The van der Waals surface area contributed by atoms with Crippen LogP contribution in [0.4, 0.5) is 4.39 Å². The number of fused-ring (bicyclic) bond motifs is 1. The van der Waals surface area contributed by atoms with E-state index in [-0.39, 0.29) is 17.3 Å². The molecule has 0 aliphatic carbocycles. The molecule has 1 aliphatic heterocycles. The van der Waals surface area contributed by atoms with Gasteiger partial charge in [-0.05, 0) is 36.2 Å². The summed E-state index contributed by atoms with van der Waals surface area (Å²) in [5, 5.41) is 4.72. The summed E-state index contributed by atoms with van der Waals surface area (Å²) in [6.45, 7) is 4.41. The number of aromatic amines is 1. The zero-order chi connectivity index (χ0) is 20.7. The van der Waals surface area contributed by atoms with Crippen LogP contribution in [0.2, 0.25) is 0 Å². The maximum atomic E-state index is 13.3. The molecule has 2 atom stereocenters. The van der Waals surface area contributed by atoms with E-state index in [1.54, 1.807) is 35.1 Å². The quantitative estimate of drug-likeness (QED) is 0.560. The molecule has 0 radical (unpaired) electrons. The molecule has 152 valence electrons. The van der Waals surface area contributed by atoms with Crippen LogP contribution in [0.3, 0.4) is 0 Å². The van der Waals surface area contributed by atoms with Gasteiger partial charge in [0.15, 0.2) is 11.3 Å². The smallest absolute Gasteiger partial charge is 0.276 e. The fourth-order valence-electron chi connectivity index (χ4n) is 4.04. The number of H-pyrrole nitrogens is 1. The lowest BCUT2D eigenvalue weighted by Crippen LogP contribution is -2.23. The zero-order valence-corrected chi connectivity index (χ0v) is 16.4. The summed E-state index contributed by atoms with van der Waals surface area (Å²) in [4.78, 5) is 30.8. The number of halogens is 1. The van der Waals surface area contributed by atoms with Crippen LogP contribution >= 0.6 is 0 Å². The Balaban J connectivity index is 1.48. The second kappa shape index (κ2) is 7.42. The molecule has 5 rings (SSSR count). The van der Waals surface area contributed by atoms with E-state index in [4.69, 9.17) is 5.10 Å². The van der Waals surface area contributed by atoms with Gasteiger partial charge in [-0.3, -0.25) is 9.69 Å². The van der Waals surface area contributed by atoms with E-state index >= 15 is 0 Å². The van der Waals surface area contributed by atoms with E-state index < -0.39 is 0 Å². The minimum absolute atomic E-state index is 0.0641. The number of aromatic nitrogens is 6. The van der Waals surface area contributed by atoms with E-state index in [0.717, 1.165) is 18.9 Å². The van der Waals surface area contributed by atoms with Gasteiger partial charge in [0, 0.05) is 37.0 Å². The summed E-state index contributed by atoms with van der Waals surface area (Å²) >= 11 is 0. The summed E-state index contributed by atoms with van der Waals surface area (Å²) in [7, 11) is 0. The molecule has 0 unspecified atom stereocenters. The molecule has 0 bridgehead atoms. The first kappa shape index (κ1) is 18.6. The van der Waals surface area contributed by atoms with Crippen LogP contribution in [0.25, 0.3) is 16.9 Å². The molecule has 1 saturated heterocycles. The van der Waals surface area contributed by atoms with Crippen molar-refractivity contribution in [2.45, 2.75) is 19.4 Å². The van der Waals surface area contributed by atoms with E-state index in [2.05, 4.69) is 31.8 Å². The van der Waals surface area contributed by atoms with Crippen molar-refractivity contribution < 1.29 is 4.39 Å². The lowest BCUT2D eigenvalue weighted by molar-refractivity contribution is 0.310. The molecule has 8 nitrogen and oxygen atoms in total. The lowest BCUT2D eigenvalue weighted by Gasteiger charge is -2.15. The van der Waals surface area contributed by atoms with Gasteiger partial charge in [0.1, 0.15) is 17.5 Å². The lowest BCUT2D eigenvalue weighted by atomic mass is 9.97. The second-order valence-corrected chi connectivity index (χ2v) is 7.67. The third kappa shape index (κ3) is 3.37. The van der Waals surface area contributed by atoms with Crippen LogP contribution < -0.4 is 5.56 Å². The highest BCUT2D eigenvalue weighted by atomic mass is 19.1.